The average Bonchev–Trinajstić information content (AvgIpc) is 2.05. The topological polar surface area (TPSA) is 23.9 Å². The summed E-state index contributed by atoms with van der Waals surface area (Å²) in [5.41, 5.74) is 1.19. The molecule has 0 aliphatic heterocycles. The lowest BCUT2D eigenvalue weighted by molar-refractivity contribution is 1.00. The third-order valence-corrected chi connectivity index (χ3v) is 15.6. The second kappa shape index (κ2) is 5.52. The molecule has 0 radical (unpaired) electrons. The minimum atomic E-state index is -1.41. The third-order valence-electron chi connectivity index (χ3n) is 2.77. The molecule has 0 aliphatic carbocycles. The Morgan fingerprint density at radius 3 is 1.38 bits per heavy atom. The first-order valence-corrected chi connectivity index (χ1v) is 9.64. The molecule has 1 nitrogen and oxygen atoms in total. The van der Waals surface area contributed by atoms with Gasteiger partial charge in [-0.05, 0) is 30.4 Å². The van der Waals surface area contributed by atoms with Crippen LogP contribution in [0.1, 0.15) is 41.5 Å². The summed E-state index contributed by atoms with van der Waals surface area (Å²) in [5, 5.41) is 8.73. The maximum absolute atomic E-state index is 8.73. The fourth-order valence-corrected chi connectivity index (χ4v) is 12.6. The molecule has 0 amide bonds. The molecule has 0 bridgehead atoms. The van der Waals surface area contributed by atoms with Crippen molar-refractivity contribution in [3.05, 3.63) is 0 Å². The second-order valence-electron chi connectivity index (χ2n) is 4.06. The maximum atomic E-state index is 8.73. The molecular weight excluding hydrogens is 196 g/mol. The smallest absolute Gasteiger partial charge is 0.00502 e. The van der Waals surface area contributed by atoms with E-state index in [2.05, 4.69) is 41.5 Å². The van der Waals surface area contributed by atoms with Gasteiger partial charge in [-0.2, -0.15) is 0 Å². The van der Waals surface area contributed by atoms with E-state index in [0.717, 1.165) is 0 Å². The maximum Gasteiger partial charge on any atom is -0.00502 e. The Morgan fingerprint density at radius 1 is 1.00 bits per heavy atom. The van der Waals surface area contributed by atoms with E-state index in [4.69, 9.17) is 5.16 Å². The van der Waals surface area contributed by atoms with Gasteiger partial charge < -0.3 is 5.16 Å². The molecule has 0 saturated carbocycles. The lowest BCUT2D eigenvalue weighted by Crippen LogP contribution is -2.08. The van der Waals surface area contributed by atoms with Crippen LogP contribution >= 0.6 is 14.4 Å². The van der Waals surface area contributed by atoms with Crippen molar-refractivity contribution in [3.63, 3.8) is 0 Å². The molecule has 13 heavy (non-hydrogen) atoms. The number of hydrogen-bond donors (Lipinski definition) is 1. The molecular formula is C10H25NP2. The first kappa shape index (κ1) is 13.7. The van der Waals surface area contributed by atoms with E-state index < -0.39 is 6.74 Å². The Balaban J connectivity index is 4.88. The molecule has 0 spiro atoms. The summed E-state index contributed by atoms with van der Waals surface area (Å²) in [4.78, 5) is 0. The molecule has 0 atom stereocenters. The van der Waals surface area contributed by atoms with Crippen LogP contribution < -0.4 is 0 Å². The zero-order valence-corrected chi connectivity index (χ0v) is 11.8. The van der Waals surface area contributed by atoms with E-state index in [1.54, 1.807) is 0 Å². The van der Waals surface area contributed by atoms with Crippen LogP contribution in [0, 0.1) is 5.16 Å². The van der Waals surface area contributed by atoms with E-state index >= 15 is 0 Å². The van der Waals surface area contributed by atoms with Crippen molar-refractivity contribution in [2.24, 2.45) is 0 Å². The summed E-state index contributed by atoms with van der Waals surface area (Å²) in [6.45, 7) is 12.1. The lowest BCUT2D eigenvalue weighted by Gasteiger charge is -2.37. The summed E-state index contributed by atoms with van der Waals surface area (Å²) < 4.78 is 0. The molecule has 0 aliphatic rings. The van der Waals surface area contributed by atoms with Gasteiger partial charge in [-0.3, -0.25) is 0 Å². The molecule has 3 heteroatoms. The van der Waals surface area contributed by atoms with Crippen LogP contribution in [0.15, 0.2) is 0 Å². The Bertz CT molecular complexity index is 171. The molecule has 0 aromatic rings. The van der Waals surface area contributed by atoms with Gasteiger partial charge in [0.05, 0.1) is 0 Å². The number of nitrogens with one attached hydrogen (secondary N) is 1. The van der Waals surface area contributed by atoms with Gasteiger partial charge in [0, 0.05) is 0 Å². The zero-order chi connectivity index (χ0) is 10.6. The van der Waals surface area contributed by atoms with Crippen molar-refractivity contribution in [1.29, 1.82) is 5.16 Å². The van der Waals surface area contributed by atoms with Gasteiger partial charge in [0.15, 0.2) is 0 Å². The molecule has 0 saturated heterocycles. The second-order valence-corrected chi connectivity index (χ2v) is 13.6. The Morgan fingerprint density at radius 2 is 1.31 bits per heavy atom. The number of hydrogen-bond acceptors (Lipinski definition) is 1. The van der Waals surface area contributed by atoms with Crippen LogP contribution in [0.5, 0.6) is 0 Å². The molecule has 0 heterocycles. The van der Waals surface area contributed by atoms with Crippen LogP contribution in [0.3, 0.4) is 0 Å². The molecule has 1 N–H and O–H groups in total. The van der Waals surface area contributed by atoms with Crippen LogP contribution in [0.25, 0.3) is 0 Å². The van der Waals surface area contributed by atoms with Crippen molar-refractivity contribution >= 4 is 14.4 Å². The Kier molecular flexibility index (Phi) is 5.80. The highest BCUT2D eigenvalue weighted by Gasteiger charge is 2.31. The van der Waals surface area contributed by atoms with Gasteiger partial charge in [-0.15, -0.1) is 0 Å². The standard InChI is InChI=1S/C10H25NP2/c1-7-12(8-2)13(11,9(3)4)10(5)6/h9-11H,7-8H2,1-6H3. The molecule has 0 unspecified atom stereocenters. The minimum absolute atomic E-state index is 0.00283. The van der Waals surface area contributed by atoms with Crippen molar-refractivity contribution in [3.8, 4) is 0 Å². The van der Waals surface area contributed by atoms with E-state index in [1.807, 2.05) is 0 Å². The zero-order valence-electron chi connectivity index (χ0n) is 9.96. The molecule has 0 rings (SSSR count). The van der Waals surface area contributed by atoms with Crippen LogP contribution in [-0.2, 0) is 0 Å². The van der Waals surface area contributed by atoms with E-state index in [1.165, 1.54) is 12.3 Å². The summed E-state index contributed by atoms with van der Waals surface area (Å²) in [6.07, 6.45) is 2.50. The van der Waals surface area contributed by atoms with Gasteiger partial charge in [0.2, 0.25) is 0 Å². The van der Waals surface area contributed by atoms with Gasteiger partial charge >= 0.3 is 0 Å². The normalized spacial score (nSPS) is 13.3. The molecule has 0 aromatic carbocycles. The first-order valence-electron chi connectivity index (χ1n) is 5.30. The SMILES string of the molecule is CCP(CC)P(=N)(C(C)C)C(C)C. The van der Waals surface area contributed by atoms with E-state index in [0.29, 0.717) is 11.3 Å². The Labute approximate surface area is 85.2 Å². The average molecular weight is 221 g/mol. The molecule has 0 aromatic heterocycles. The van der Waals surface area contributed by atoms with Crippen LogP contribution in [-0.4, -0.2) is 23.6 Å². The van der Waals surface area contributed by atoms with Crippen LogP contribution in [0.4, 0.5) is 0 Å². The molecule has 80 valence electrons. The summed E-state index contributed by atoms with van der Waals surface area (Å²) >= 11 is 0. The largest absolute Gasteiger partial charge is 0.314 e. The van der Waals surface area contributed by atoms with E-state index in [-0.39, 0.29) is 7.61 Å². The van der Waals surface area contributed by atoms with Crippen molar-refractivity contribution in [1.82, 2.24) is 0 Å². The highest BCUT2D eigenvalue weighted by Crippen LogP contribution is 2.80. The fraction of sp³-hybridized carbons (Fsp3) is 1.00. The van der Waals surface area contributed by atoms with E-state index in [9.17, 15) is 0 Å². The first-order chi connectivity index (χ1) is 5.91. The Hall–Kier alpha value is 0.660. The van der Waals surface area contributed by atoms with Crippen molar-refractivity contribution < 1.29 is 0 Å². The monoisotopic (exact) mass is 221 g/mol. The summed E-state index contributed by atoms with van der Waals surface area (Å²) in [7, 11) is -0.00283. The summed E-state index contributed by atoms with van der Waals surface area (Å²) in [5.74, 6) is 0. The molecule has 0 fully saturated rings. The fourth-order valence-electron chi connectivity index (χ4n) is 1.94. The quantitative estimate of drug-likeness (QED) is 0.630. The number of rotatable bonds is 5. The van der Waals surface area contributed by atoms with Crippen molar-refractivity contribution in [2.45, 2.75) is 52.9 Å². The predicted molar refractivity (Wildman–Crippen MR) is 67.9 cm³/mol. The minimum Gasteiger partial charge on any atom is -0.314 e. The highest BCUT2D eigenvalue weighted by molar-refractivity contribution is 8.34. The van der Waals surface area contributed by atoms with Crippen LogP contribution in [0.2, 0.25) is 0 Å². The van der Waals surface area contributed by atoms with Gasteiger partial charge in [0.1, 0.15) is 0 Å². The highest BCUT2D eigenvalue weighted by atomic mass is 32.1. The van der Waals surface area contributed by atoms with Gasteiger partial charge in [-0.1, -0.05) is 49.2 Å². The van der Waals surface area contributed by atoms with Gasteiger partial charge in [-0.25, -0.2) is 0 Å². The third kappa shape index (κ3) is 2.80. The summed E-state index contributed by atoms with van der Waals surface area (Å²) in [6, 6.07) is 0. The van der Waals surface area contributed by atoms with Gasteiger partial charge in [0.25, 0.3) is 0 Å². The lowest BCUT2D eigenvalue weighted by atomic mass is 10.5. The predicted octanol–water partition coefficient (Wildman–Crippen LogP) is 5.02. The van der Waals surface area contributed by atoms with Crippen molar-refractivity contribution in [2.75, 3.05) is 12.3 Å².